The monoisotopic (exact) mass is 443 g/mol. The fourth-order valence-corrected chi connectivity index (χ4v) is 4.17. The van der Waals surface area contributed by atoms with Crippen LogP contribution in [0.15, 0.2) is 54.4 Å². The van der Waals surface area contributed by atoms with Crippen molar-refractivity contribution in [1.82, 2.24) is 19.7 Å². The topological polar surface area (TPSA) is 84.9 Å². The van der Waals surface area contributed by atoms with Crippen LogP contribution in [0.25, 0.3) is 6.08 Å². The number of hydrogen-bond donors (Lipinski definition) is 1. The molecule has 1 N–H and O–H groups in total. The number of ether oxygens (including phenoxy) is 1. The summed E-state index contributed by atoms with van der Waals surface area (Å²) in [6.45, 7) is 6.75. The maximum Gasteiger partial charge on any atom is 0.262 e. The average Bonchev–Trinajstić information content (AvgIpc) is 3.57. The number of carbonyl (C=O) groups is 1. The Labute approximate surface area is 194 Å². The van der Waals surface area contributed by atoms with Gasteiger partial charge in [0.2, 0.25) is 0 Å². The quantitative estimate of drug-likeness (QED) is 0.424. The summed E-state index contributed by atoms with van der Waals surface area (Å²) >= 11 is 0. The predicted molar refractivity (Wildman–Crippen MR) is 126 cm³/mol. The minimum absolute atomic E-state index is 0.0997. The van der Waals surface area contributed by atoms with Gasteiger partial charge in [0.25, 0.3) is 5.91 Å². The molecule has 33 heavy (non-hydrogen) atoms. The van der Waals surface area contributed by atoms with Crippen molar-refractivity contribution in [2.24, 2.45) is 0 Å². The molecule has 4 rings (SSSR count). The summed E-state index contributed by atoms with van der Waals surface area (Å²) in [7, 11) is 0. The van der Waals surface area contributed by atoms with E-state index in [4.69, 9.17) is 4.74 Å². The van der Waals surface area contributed by atoms with Crippen LogP contribution in [0.3, 0.4) is 0 Å². The molecule has 1 amide bonds. The Morgan fingerprint density at radius 1 is 1.30 bits per heavy atom. The fraction of sp³-hybridized carbons (Fsp3) is 0.346. The van der Waals surface area contributed by atoms with Crippen molar-refractivity contribution in [3.05, 3.63) is 82.4 Å². The molecule has 1 unspecified atom stereocenters. The van der Waals surface area contributed by atoms with Gasteiger partial charge in [0.15, 0.2) is 0 Å². The van der Waals surface area contributed by atoms with E-state index in [1.165, 1.54) is 0 Å². The predicted octanol–water partition coefficient (Wildman–Crippen LogP) is 3.75. The van der Waals surface area contributed by atoms with Gasteiger partial charge in [0.1, 0.15) is 11.6 Å². The first-order valence-electron chi connectivity index (χ1n) is 11.3. The Bertz CT molecular complexity index is 1160. The van der Waals surface area contributed by atoms with Gasteiger partial charge in [-0.1, -0.05) is 24.3 Å². The first-order chi connectivity index (χ1) is 16.0. The second-order valence-corrected chi connectivity index (χ2v) is 8.44. The summed E-state index contributed by atoms with van der Waals surface area (Å²) in [6, 6.07) is 14.0. The van der Waals surface area contributed by atoms with Crippen LogP contribution < -0.4 is 5.32 Å². The van der Waals surface area contributed by atoms with Crippen molar-refractivity contribution in [1.29, 1.82) is 5.26 Å². The molecule has 1 aliphatic rings. The van der Waals surface area contributed by atoms with E-state index in [1.54, 1.807) is 12.3 Å². The highest BCUT2D eigenvalue weighted by Crippen LogP contribution is 2.22. The first kappa shape index (κ1) is 22.6. The number of hydrogen-bond acceptors (Lipinski definition) is 4. The van der Waals surface area contributed by atoms with E-state index in [0.717, 1.165) is 54.1 Å². The van der Waals surface area contributed by atoms with E-state index < -0.39 is 0 Å². The molecule has 1 fully saturated rings. The fourth-order valence-electron chi connectivity index (χ4n) is 4.17. The minimum Gasteiger partial charge on any atom is -0.376 e. The lowest BCUT2D eigenvalue weighted by molar-refractivity contribution is -0.117. The smallest absolute Gasteiger partial charge is 0.262 e. The molecule has 0 bridgehead atoms. The molecule has 3 heterocycles. The summed E-state index contributed by atoms with van der Waals surface area (Å²) in [5.41, 5.74) is 5.23. The van der Waals surface area contributed by atoms with Gasteiger partial charge in [-0.15, -0.1) is 0 Å². The molecular weight excluding hydrogens is 414 g/mol. The van der Waals surface area contributed by atoms with Crippen molar-refractivity contribution in [2.45, 2.75) is 52.4 Å². The maximum atomic E-state index is 12.7. The van der Waals surface area contributed by atoms with Crippen LogP contribution in [0.4, 0.5) is 0 Å². The Hall–Kier alpha value is -3.63. The van der Waals surface area contributed by atoms with Crippen molar-refractivity contribution in [2.75, 3.05) is 6.61 Å². The highest BCUT2D eigenvalue weighted by Gasteiger charge is 2.19. The largest absolute Gasteiger partial charge is 0.376 e. The van der Waals surface area contributed by atoms with E-state index >= 15 is 0 Å². The second-order valence-electron chi connectivity index (χ2n) is 8.44. The number of nitrogens with zero attached hydrogens (tertiary/aromatic N) is 4. The van der Waals surface area contributed by atoms with Crippen LogP contribution in [-0.2, 0) is 29.2 Å². The van der Waals surface area contributed by atoms with Gasteiger partial charge < -0.3 is 14.6 Å². The third-order valence-electron chi connectivity index (χ3n) is 6.07. The molecule has 3 aromatic rings. The van der Waals surface area contributed by atoms with Crippen molar-refractivity contribution >= 4 is 12.0 Å². The van der Waals surface area contributed by atoms with Crippen LogP contribution in [0, 0.1) is 25.2 Å². The summed E-state index contributed by atoms with van der Waals surface area (Å²) in [6.07, 6.45) is 7.75. The van der Waals surface area contributed by atoms with Crippen LogP contribution >= 0.6 is 0 Å². The minimum atomic E-state index is -0.373. The summed E-state index contributed by atoms with van der Waals surface area (Å²) in [4.78, 5) is 12.7. The number of rotatable bonds is 8. The SMILES string of the molecule is Cc1cc(/C=C(\C#N)C(=O)NCc2ccc(Cn3cccn3)cc2)c(C)n1CC1CCCO1. The number of aromatic nitrogens is 3. The zero-order valence-corrected chi connectivity index (χ0v) is 19.1. The first-order valence-corrected chi connectivity index (χ1v) is 11.3. The highest BCUT2D eigenvalue weighted by atomic mass is 16.5. The molecule has 1 saturated heterocycles. The second kappa shape index (κ2) is 10.3. The number of carbonyl (C=O) groups excluding carboxylic acids is 1. The van der Waals surface area contributed by atoms with Crippen molar-refractivity contribution < 1.29 is 9.53 Å². The average molecular weight is 444 g/mol. The van der Waals surface area contributed by atoms with Gasteiger partial charge in [0, 0.05) is 43.5 Å². The molecular formula is C26H29N5O2. The summed E-state index contributed by atoms with van der Waals surface area (Å²) in [5.74, 6) is -0.373. The van der Waals surface area contributed by atoms with Gasteiger partial charge in [-0.2, -0.15) is 10.4 Å². The third-order valence-corrected chi connectivity index (χ3v) is 6.07. The normalized spacial score (nSPS) is 16.0. The van der Waals surface area contributed by atoms with E-state index in [0.29, 0.717) is 13.1 Å². The lowest BCUT2D eigenvalue weighted by atomic mass is 10.1. The molecule has 2 aromatic heterocycles. The lowest BCUT2D eigenvalue weighted by Crippen LogP contribution is -2.24. The molecule has 170 valence electrons. The van der Waals surface area contributed by atoms with Crippen molar-refractivity contribution in [3.63, 3.8) is 0 Å². The number of nitriles is 1. The zero-order valence-electron chi connectivity index (χ0n) is 19.1. The van der Waals surface area contributed by atoms with Crippen LogP contribution in [0.5, 0.6) is 0 Å². The Morgan fingerprint density at radius 3 is 2.76 bits per heavy atom. The van der Waals surface area contributed by atoms with E-state index in [1.807, 2.05) is 61.1 Å². The van der Waals surface area contributed by atoms with E-state index in [9.17, 15) is 10.1 Å². The zero-order chi connectivity index (χ0) is 23.2. The van der Waals surface area contributed by atoms with Gasteiger partial charge in [-0.25, -0.2) is 0 Å². The van der Waals surface area contributed by atoms with Gasteiger partial charge >= 0.3 is 0 Å². The molecule has 7 heteroatoms. The summed E-state index contributed by atoms with van der Waals surface area (Å²) in [5, 5.41) is 16.7. The molecule has 0 aliphatic carbocycles. The third kappa shape index (κ3) is 5.60. The Morgan fingerprint density at radius 2 is 2.09 bits per heavy atom. The molecule has 0 saturated carbocycles. The number of nitrogens with one attached hydrogen (secondary N) is 1. The number of amides is 1. The molecule has 0 radical (unpaired) electrons. The molecule has 0 spiro atoms. The standard InChI is InChI=1S/C26H29N5O2/c1-19-13-23(20(2)31(19)18-25-5-3-12-33-25)14-24(15-27)26(32)28-16-21-6-8-22(9-7-21)17-30-11-4-10-29-30/h4,6-11,13-14,25H,3,5,12,16-18H2,1-2H3,(H,28,32)/b24-14+. The van der Waals surface area contributed by atoms with Crippen molar-refractivity contribution in [3.8, 4) is 6.07 Å². The lowest BCUT2D eigenvalue weighted by Gasteiger charge is -2.14. The Kier molecular flexibility index (Phi) is 7.06. The van der Waals surface area contributed by atoms with Crippen LogP contribution in [-0.4, -0.2) is 33.0 Å². The van der Waals surface area contributed by atoms with E-state index in [2.05, 4.69) is 21.1 Å². The Balaban J connectivity index is 1.38. The molecule has 1 atom stereocenters. The van der Waals surface area contributed by atoms with Crippen LogP contribution in [0.1, 0.15) is 40.9 Å². The number of aryl methyl sites for hydroxylation is 1. The molecule has 1 aromatic carbocycles. The van der Waals surface area contributed by atoms with Crippen LogP contribution in [0.2, 0.25) is 0 Å². The van der Waals surface area contributed by atoms with E-state index in [-0.39, 0.29) is 17.6 Å². The molecule has 1 aliphatic heterocycles. The number of benzene rings is 1. The maximum absolute atomic E-state index is 12.7. The van der Waals surface area contributed by atoms with Gasteiger partial charge in [0.05, 0.1) is 12.6 Å². The van der Waals surface area contributed by atoms with Gasteiger partial charge in [-0.05, 0) is 61.6 Å². The summed E-state index contributed by atoms with van der Waals surface area (Å²) < 4.78 is 9.83. The highest BCUT2D eigenvalue weighted by molar-refractivity contribution is 6.01. The molecule has 7 nitrogen and oxygen atoms in total. The van der Waals surface area contributed by atoms with Gasteiger partial charge in [-0.3, -0.25) is 9.48 Å².